The third-order valence-corrected chi connectivity index (χ3v) is 3.69. The summed E-state index contributed by atoms with van der Waals surface area (Å²) in [7, 11) is 1.58. The van der Waals surface area contributed by atoms with Crippen molar-refractivity contribution >= 4 is 17.6 Å². The van der Waals surface area contributed by atoms with Crippen LogP contribution in [0.5, 0.6) is 0 Å². The van der Waals surface area contributed by atoms with Crippen LogP contribution in [0.4, 0.5) is 10.5 Å². The summed E-state index contributed by atoms with van der Waals surface area (Å²) >= 11 is 0. The average molecular weight is 305 g/mol. The lowest BCUT2D eigenvalue weighted by atomic mass is 10.1. The Morgan fingerprint density at radius 2 is 1.86 bits per heavy atom. The molecular formula is C16H23N3O3. The van der Waals surface area contributed by atoms with Crippen molar-refractivity contribution in [2.75, 3.05) is 25.6 Å². The smallest absolute Gasteiger partial charge is 0.319 e. The van der Waals surface area contributed by atoms with Gasteiger partial charge in [-0.2, -0.15) is 0 Å². The van der Waals surface area contributed by atoms with Crippen LogP contribution in [0.2, 0.25) is 0 Å². The zero-order valence-electron chi connectivity index (χ0n) is 12.9. The van der Waals surface area contributed by atoms with Gasteiger partial charge in [0.25, 0.3) is 5.91 Å². The first kappa shape index (κ1) is 16.3. The van der Waals surface area contributed by atoms with Crippen LogP contribution in [0.3, 0.4) is 0 Å². The number of hydrogen-bond acceptors (Lipinski definition) is 3. The summed E-state index contributed by atoms with van der Waals surface area (Å²) in [4.78, 5) is 23.7. The van der Waals surface area contributed by atoms with Crippen LogP contribution in [0.25, 0.3) is 0 Å². The number of hydrogen-bond donors (Lipinski definition) is 3. The molecule has 1 aliphatic carbocycles. The third-order valence-electron chi connectivity index (χ3n) is 3.69. The first-order valence-corrected chi connectivity index (χ1v) is 7.64. The van der Waals surface area contributed by atoms with Crippen molar-refractivity contribution in [3.05, 3.63) is 29.8 Å². The molecule has 6 nitrogen and oxygen atoms in total. The van der Waals surface area contributed by atoms with Gasteiger partial charge in [-0.1, -0.05) is 12.8 Å². The quantitative estimate of drug-likeness (QED) is 0.704. The molecule has 0 saturated heterocycles. The van der Waals surface area contributed by atoms with Gasteiger partial charge in [-0.15, -0.1) is 0 Å². The van der Waals surface area contributed by atoms with Gasteiger partial charge in [0.15, 0.2) is 0 Å². The molecule has 0 radical (unpaired) electrons. The van der Waals surface area contributed by atoms with Crippen LogP contribution in [0.15, 0.2) is 24.3 Å². The highest BCUT2D eigenvalue weighted by Crippen LogP contribution is 2.18. The fourth-order valence-corrected chi connectivity index (χ4v) is 2.49. The number of anilines is 1. The molecule has 1 aromatic rings. The summed E-state index contributed by atoms with van der Waals surface area (Å²) in [5.41, 5.74) is 1.25. The molecule has 3 amide bonds. The largest absolute Gasteiger partial charge is 0.383 e. The van der Waals surface area contributed by atoms with Crippen LogP contribution in [0, 0.1) is 0 Å². The SMILES string of the molecule is COCCNC(=O)Nc1ccc(C(=O)NC2CCCC2)cc1. The van der Waals surface area contributed by atoms with Crippen molar-refractivity contribution in [1.82, 2.24) is 10.6 Å². The molecule has 0 bridgehead atoms. The van der Waals surface area contributed by atoms with Crippen molar-refractivity contribution in [1.29, 1.82) is 0 Å². The number of methoxy groups -OCH3 is 1. The van der Waals surface area contributed by atoms with E-state index in [1.54, 1.807) is 31.4 Å². The predicted octanol–water partition coefficient (Wildman–Crippen LogP) is 2.13. The van der Waals surface area contributed by atoms with Crippen molar-refractivity contribution in [3.8, 4) is 0 Å². The number of carbonyl (C=O) groups excluding carboxylic acids is 2. The van der Waals surface area contributed by atoms with Gasteiger partial charge in [0.05, 0.1) is 6.61 Å². The van der Waals surface area contributed by atoms with Crippen LogP contribution in [-0.2, 0) is 4.74 Å². The summed E-state index contributed by atoms with van der Waals surface area (Å²) in [5.74, 6) is -0.0528. The van der Waals surface area contributed by atoms with E-state index in [0.29, 0.717) is 30.4 Å². The first-order valence-electron chi connectivity index (χ1n) is 7.64. The molecule has 1 aliphatic rings. The van der Waals surface area contributed by atoms with Gasteiger partial charge in [-0.05, 0) is 37.1 Å². The van der Waals surface area contributed by atoms with Gasteiger partial charge < -0.3 is 20.7 Å². The highest BCUT2D eigenvalue weighted by atomic mass is 16.5. The molecule has 0 aliphatic heterocycles. The van der Waals surface area contributed by atoms with Crippen molar-refractivity contribution in [2.24, 2.45) is 0 Å². The molecule has 3 N–H and O–H groups in total. The van der Waals surface area contributed by atoms with E-state index in [4.69, 9.17) is 4.74 Å². The summed E-state index contributed by atoms with van der Waals surface area (Å²) in [6.07, 6.45) is 4.50. The van der Waals surface area contributed by atoms with E-state index in [1.807, 2.05) is 0 Å². The number of nitrogens with one attached hydrogen (secondary N) is 3. The zero-order valence-corrected chi connectivity index (χ0v) is 12.9. The fraction of sp³-hybridized carbons (Fsp3) is 0.500. The number of amides is 3. The number of benzene rings is 1. The minimum atomic E-state index is -0.291. The summed E-state index contributed by atoms with van der Waals surface area (Å²) in [6.45, 7) is 0.915. The maximum Gasteiger partial charge on any atom is 0.319 e. The van der Waals surface area contributed by atoms with Gasteiger partial charge in [0.1, 0.15) is 0 Å². The highest BCUT2D eigenvalue weighted by molar-refractivity contribution is 5.95. The third kappa shape index (κ3) is 5.04. The predicted molar refractivity (Wildman–Crippen MR) is 85.1 cm³/mol. The zero-order chi connectivity index (χ0) is 15.8. The number of carbonyl (C=O) groups is 2. The Kier molecular flexibility index (Phi) is 6.21. The molecule has 22 heavy (non-hydrogen) atoms. The van der Waals surface area contributed by atoms with E-state index in [0.717, 1.165) is 12.8 Å². The molecule has 6 heteroatoms. The van der Waals surface area contributed by atoms with Gasteiger partial charge in [-0.25, -0.2) is 4.79 Å². The molecule has 120 valence electrons. The lowest BCUT2D eigenvalue weighted by Gasteiger charge is -2.12. The van der Waals surface area contributed by atoms with Crippen molar-refractivity contribution in [2.45, 2.75) is 31.7 Å². The minimum absolute atomic E-state index is 0.0528. The van der Waals surface area contributed by atoms with Crippen molar-refractivity contribution < 1.29 is 14.3 Å². The fourth-order valence-electron chi connectivity index (χ4n) is 2.49. The van der Waals surface area contributed by atoms with Gasteiger partial charge in [-0.3, -0.25) is 4.79 Å². The molecular weight excluding hydrogens is 282 g/mol. The van der Waals surface area contributed by atoms with E-state index < -0.39 is 0 Å². The molecule has 0 spiro atoms. The topological polar surface area (TPSA) is 79.5 Å². The van der Waals surface area contributed by atoms with E-state index in [-0.39, 0.29) is 11.9 Å². The van der Waals surface area contributed by atoms with E-state index in [2.05, 4.69) is 16.0 Å². The monoisotopic (exact) mass is 305 g/mol. The van der Waals surface area contributed by atoms with E-state index in [1.165, 1.54) is 12.8 Å². The van der Waals surface area contributed by atoms with Crippen LogP contribution >= 0.6 is 0 Å². The second kappa shape index (κ2) is 8.38. The van der Waals surface area contributed by atoms with Crippen LogP contribution in [-0.4, -0.2) is 38.2 Å². The normalized spacial score (nSPS) is 14.6. The standard InChI is InChI=1S/C16H23N3O3/c1-22-11-10-17-16(21)19-14-8-6-12(7-9-14)15(20)18-13-4-2-3-5-13/h6-9,13H,2-5,10-11H2,1H3,(H,18,20)(H2,17,19,21). The Hall–Kier alpha value is -2.08. The highest BCUT2D eigenvalue weighted by Gasteiger charge is 2.17. The first-order chi connectivity index (χ1) is 10.7. The maximum absolute atomic E-state index is 12.1. The van der Waals surface area contributed by atoms with E-state index in [9.17, 15) is 9.59 Å². The molecule has 1 saturated carbocycles. The second-order valence-corrected chi connectivity index (χ2v) is 5.41. The Balaban J connectivity index is 1.81. The average Bonchev–Trinajstić information content (AvgIpc) is 3.01. The van der Waals surface area contributed by atoms with Crippen molar-refractivity contribution in [3.63, 3.8) is 0 Å². The molecule has 0 unspecified atom stereocenters. The number of rotatable bonds is 6. The molecule has 0 aromatic heterocycles. The molecule has 0 atom stereocenters. The Labute approximate surface area is 130 Å². The van der Waals surface area contributed by atoms with Gasteiger partial charge in [0.2, 0.25) is 0 Å². The Morgan fingerprint density at radius 1 is 1.18 bits per heavy atom. The van der Waals surface area contributed by atoms with Crippen LogP contribution in [0.1, 0.15) is 36.0 Å². The summed E-state index contributed by atoms with van der Waals surface area (Å²) in [6, 6.07) is 6.89. The number of urea groups is 1. The molecule has 2 rings (SSSR count). The molecule has 1 fully saturated rings. The second-order valence-electron chi connectivity index (χ2n) is 5.41. The number of ether oxygens (including phenoxy) is 1. The van der Waals surface area contributed by atoms with E-state index >= 15 is 0 Å². The lowest BCUT2D eigenvalue weighted by molar-refractivity contribution is 0.0938. The Bertz CT molecular complexity index is 496. The minimum Gasteiger partial charge on any atom is -0.383 e. The van der Waals surface area contributed by atoms with Gasteiger partial charge in [0, 0.05) is 30.9 Å². The molecule has 1 aromatic carbocycles. The summed E-state index contributed by atoms with van der Waals surface area (Å²) < 4.78 is 4.85. The van der Waals surface area contributed by atoms with Crippen LogP contribution < -0.4 is 16.0 Å². The Morgan fingerprint density at radius 3 is 2.50 bits per heavy atom. The maximum atomic E-state index is 12.1. The lowest BCUT2D eigenvalue weighted by Crippen LogP contribution is -2.32. The summed E-state index contributed by atoms with van der Waals surface area (Å²) in [5, 5.41) is 8.40. The molecule has 0 heterocycles. The van der Waals surface area contributed by atoms with Gasteiger partial charge >= 0.3 is 6.03 Å².